The Morgan fingerprint density at radius 3 is 2.28 bits per heavy atom. The van der Waals surface area contributed by atoms with Gasteiger partial charge in [0.05, 0.1) is 17.4 Å². The number of carboxylic acid groups (broad SMARTS) is 1. The molecule has 1 aromatic heterocycles. The van der Waals surface area contributed by atoms with Crippen LogP contribution in [-0.2, 0) is 19.1 Å². The number of pyridine rings is 1. The number of carboxylic acids is 1. The van der Waals surface area contributed by atoms with Gasteiger partial charge in [-0.15, -0.1) is 12.4 Å². The Bertz CT molecular complexity index is 1590. The molecule has 8 nitrogen and oxygen atoms in total. The number of hydrogen-bond donors (Lipinski definition) is 2. The molecule has 4 fully saturated rings. The first-order valence-corrected chi connectivity index (χ1v) is 18.7. The minimum Gasteiger partial charge on any atom is -0.481 e. The van der Waals surface area contributed by atoms with E-state index in [0.717, 1.165) is 56.9 Å². The summed E-state index contributed by atoms with van der Waals surface area (Å²) in [6, 6.07) is 5.37. The number of aliphatic carboxylic acids is 1. The summed E-state index contributed by atoms with van der Waals surface area (Å²) in [5, 5.41) is 13.0. The van der Waals surface area contributed by atoms with Crippen LogP contribution >= 0.6 is 12.4 Å². The third kappa shape index (κ3) is 5.65. The topological polar surface area (TPSA) is 123 Å². The summed E-state index contributed by atoms with van der Waals surface area (Å²) in [6.07, 6.45) is 9.14. The van der Waals surface area contributed by atoms with Gasteiger partial charge in [0, 0.05) is 18.0 Å². The molecule has 1 heterocycles. The van der Waals surface area contributed by atoms with Gasteiger partial charge in [0.1, 0.15) is 11.8 Å². The molecule has 1 amide bonds. The van der Waals surface area contributed by atoms with Gasteiger partial charge in [-0.2, -0.15) is 0 Å². The smallest absolute Gasteiger partial charge is 0.309 e. The lowest BCUT2D eigenvalue weighted by atomic mass is 9.33. The van der Waals surface area contributed by atoms with Crippen LogP contribution in [0.15, 0.2) is 35.5 Å². The van der Waals surface area contributed by atoms with Crippen LogP contribution in [0.1, 0.15) is 137 Å². The van der Waals surface area contributed by atoms with Gasteiger partial charge in [-0.05, 0) is 128 Å². The van der Waals surface area contributed by atoms with E-state index in [1.807, 2.05) is 6.07 Å². The Hall–Kier alpha value is -2.74. The summed E-state index contributed by atoms with van der Waals surface area (Å²) < 4.78 is 6.14. The molecule has 6 rings (SSSR count). The van der Waals surface area contributed by atoms with Crippen LogP contribution in [0.3, 0.4) is 0 Å². The summed E-state index contributed by atoms with van der Waals surface area (Å²) in [5.41, 5.74) is 0.479. The third-order valence-electron chi connectivity index (χ3n) is 15.1. The number of nitrogens with one attached hydrogen (secondary N) is 1. The highest BCUT2D eigenvalue weighted by Gasteiger charge is 2.70. The average molecular weight is 711 g/mol. The molecule has 1 aromatic rings. The van der Waals surface area contributed by atoms with Crippen LogP contribution in [0.5, 0.6) is 0 Å². The number of fused-ring (bicyclic) bond motifs is 7. The monoisotopic (exact) mass is 710 g/mol. The maximum Gasteiger partial charge on any atom is 0.309 e. The number of allylic oxidation sites excluding steroid dienone is 1. The lowest BCUT2D eigenvalue weighted by molar-refractivity contribution is -0.232. The number of amides is 1. The maximum absolute atomic E-state index is 13.9. The predicted octanol–water partition coefficient (Wildman–Crippen LogP) is 8.38. The number of ether oxygens (including phenoxy) is 1. The number of ketones is 1. The van der Waals surface area contributed by atoms with Crippen molar-refractivity contribution in [3.8, 4) is 0 Å². The minimum absolute atomic E-state index is 0. The molecule has 0 radical (unpaired) electrons. The molecule has 0 aromatic carbocycles. The second kappa shape index (κ2) is 12.7. The zero-order valence-corrected chi connectivity index (χ0v) is 32.4. The highest BCUT2D eigenvalue weighted by atomic mass is 35.5. The van der Waals surface area contributed by atoms with Crippen LogP contribution in [0.2, 0.25) is 0 Å². The predicted molar refractivity (Wildman–Crippen MR) is 195 cm³/mol. The standard InChI is InChI=1S/C41H58N2O6.ClH/c1-24(2)32-27(44)22-41(43-34(46)26-12-10-11-21-42-26)20-19-39(8)25(33(32)41)13-14-29-38(7)17-16-30(49-31(45)23-36(3,4)35(47)48)37(5,6)28(38)15-18-40(29,39)9;/h10-12,21,24-25,28-30H,13-20,22-23H2,1-9H3,(H,43,46)(H,47,48);1H/t25-,28+,29-,30+,38+,39-,40-,41-;/m1./s1. The number of carbonyl (C=O) groups excluding carboxylic acids is 3. The van der Waals surface area contributed by atoms with Crippen LogP contribution in [0, 0.1) is 50.7 Å². The first kappa shape index (κ1) is 38.5. The molecule has 5 aliphatic carbocycles. The van der Waals surface area contributed by atoms with Crippen LogP contribution in [0.25, 0.3) is 0 Å². The number of carbonyl (C=O) groups is 4. The van der Waals surface area contributed by atoms with E-state index in [4.69, 9.17) is 4.74 Å². The van der Waals surface area contributed by atoms with E-state index < -0.39 is 22.9 Å². The molecule has 8 atom stereocenters. The third-order valence-corrected chi connectivity index (χ3v) is 15.1. The van der Waals surface area contributed by atoms with Crippen molar-refractivity contribution in [2.45, 2.75) is 138 Å². The second-order valence-corrected chi connectivity index (χ2v) is 18.7. The number of esters is 1. The van der Waals surface area contributed by atoms with Crippen LogP contribution < -0.4 is 5.32 Å². The van der Waals surface area contributed by atoms with Crippen molar-refractivity contribution in [3.05, 3.63) is 41.2 Å². The highest BCUT2D eigenvalue weighted by molar-refractivity contribution is 6.03. The molecule has 0 bridgehead atoms. The van der Waals surface area contributed by atoms with E-state index in [1.54, 1.807) is 32.2 Å². The van der Waals surface area contributed by atoms with Crippen molar-refractivity contribution in [2.75, 3.05) is 0 Å². The summed E-state index contributed by atoms with van der Waals surface area (Å²) in [6.45, 7) is 19.4. The Morgan fingerprint density at radius 1 is 0.960 bits per heavy atom. The average Bonchev–Trinajstić information content (AvgIpc) is 3.30. The minimum atomic E-state index is -1.17. The van der Waals surface area contributed by atoms with Gasteiger partial charge in [0.2, 0.25) is 0 Å². The fourth-order valence-corrected chi connectivity index (χ4v) is 12.4. The second-order valence-electron chi connectivity index (χ2n) is 18.7. The van der Waals surface area contributed by atoms with E-state index in [2.05, 4.69) is 58.8 Å². The zero-order chi connectivity index (χ0) is 35.9. The summed E-state index contributed by atoms with van der Waals surface area (Å²) in [7, 11) is 0. The van der Waals surface area contributed by atoms with E-state index in [-0.39, 0.29) is 70.1 Å². The van der Waals surface area contributed by atoms with Crippen molar-refractivity contribution in [3.63, 3.8) is 0 Å². The van der Waals surface area contributed by atoms with Crippen LogP contribution in [-0.4, -0.2) is 45.4 Å². The first-order valence-electron chi connectivity index (χ1n) is 18.7. The van der Waals surface area contributed by atoms with E-state index >= 15 is 0 Å². The highest BCUT2D eigenvalue weighted by Crippen LogP contribution is 2.76. The Balaban J connectivity index is 0.00000486. The summed E-state index contributed by atoms with van der Waals surface area (Å²) >= 11 is 0. The lowest BCUT2D eigenvalue weighted by Gasteiger charge is -2.72. The van der Waals surface area contributed by atoms with Gasteiger partial charge in [-0.25, -0.2) is 0 Å². The SMILES string of the molecule is CC(C)C1=C2[C@H]3CC[C@@H]4[C@@]5(C)CC[C@H](OC(=O)CC(C)(C)C(=O)O)C(C)(C)[C@@H]5CC[C@@]4(C)[C@]3(C)CC[C@@]2(NC(=O)c2ccccn2)CC1=O.Cl. The summed E-state index contributed by atoms with van der Waals surface area (Å²) in [4.78, 5) is 56.6. The quantitative estimate of drug-likeness (QED) is 0.273. The molecule has 276 valence electrons. The first-order chi connectivity index (χ1) is 22.7. The van der Waals surface area contributed by atoms with E-state index in [9.17, 15) is 24.3 Å². The van der Waals surface area contributed by atoms with Crippen molar-refractivity contribution >= 4 is 36.0 Å². The zero-order valence-electron chi connectivity index (χ0n) is 31.6. The number of Topliss-reactive ketones (excluding diaryl/α,β-unsaturated/α-hetero) is 1. The van der Waals surface area contributed by atoms with Crippen molar-refractivity contribution in [1.29, 1.82) is 0 Å². The molecular formula is C41H59ClN2O6. The molecule has 50 heavy (non-hydrogen) atoms. The Morgan fingerprint density at radius 2 is 1.66 bits per heavy atom. The normalized spacial score (nSPS) is 37.4. The molecule has 0 saturated heterocycles. The van der Waals surface area contributed by atoms with E-state index in [1.165, 1.54) is 5.57 Å². The molecule has 5 aliphatic rings. The molecule has 2 N–H and O–H groups in total. The number of halogens is 1. The van der Waals surface area contributed by atoms with Gasteiger partial charge in [-0.3, -0.25) is 24.2 Å². The number of aromatic nitrogens is 1. The molecule has 0 spiro atoms. The molecule has 9 heteroatoms. The Labute approximate surface area is 304 Å². The van der Waals surface area contributed by atoms with Gasteiger partial charge in [0.25, 0.3) is 5.91 Å². The largest absolute Gasteiger partial charge is 0.481 e. The summed E-state index contributed by atoms with van der Waals surface area (Å²) in [5.74, 6) is -0.337. The molecular weight excluding hydrogens is 652 g/mol. The Kier molecular flexibility index (Phi) is 9.80. The lowest BCUT2D eigenvalue weighted by Crippen LogP contribution is -2.67. The van der Waals surface area contributed by atoms with Gasteiger partial charge >= 0.3 is 11.9 Å². The van der Waals surface area contributed by atoms with Crippen molar-refractivity contribution < 1.29 is 29.0 Å². The fourth-order valence-electron chi connectivity index (χ4n) is 12.4. The fraction of sp³-hybridized carbons (Fsp3) is 0.732. The molecule has 4 saturated carbocycles. The maximum atomic E-state index is 13.9. The number of rotatable bonds is 7. The van der Waals surface area contributed by atoms with Crippen molar-refractivity contribution in [1.82, 2.24) is 10.3 Å². The molecule has 0 aliphatic heterocycles. The number of nitrogens with zero attached hydrogens (tertiary/aromatic N) is 1. The van der Waals surface area contributed by atoms with Crippen LogP contribution in [0.4, 0.5) is 0 Å². The molecule has 0 unspecified atom stereocenters. The van der Waals surface area contributed by atoms with E-state index in [0.29, 0.717) is 24.0 Å². The van der Waals surface area contributed by atoms with Gasteiger partial charge in [-0.1, -0.05) is 54.5 Å². The number of hydrogen-bond acceptors (Lipinski definition) is 6. The van der Waals surface area contributed by atoms with Crippen molar-refractivity contribution in [2.24, 2.45) is 50.7 Å². The van der Waals surface area contributed by atoms with Gasteiger partial charge < -0.3 is 15.2 Å². The van der Waals surface area contributed by atoms with Gasteiger partial charge in [0.15, 0.2) is 5.78 Å².